The topological polar surface area (TPSA) is 197 Å². The number of Topliss-reactive ketones (excluding diaryl/α,β-unsaturated/α-hetero) is 1. The lowest BCUT2D eigenvalue weighted by Gasteiger charge is -2.31. The molecule has 1 saturated carbocycles. The minimum atomic E-state index is -3.07. The lowest BCUT2D eigenvalue weighted by atomic mass is 9.84. The number of nitrogens with one attached hydrogen (secondary N) is 4. The predicted octanol–water partition coefficient (Wildman–Crippen LogP) is 2.40. The number of aromatic nitrogens is 2. The van der Waals surface area contributed by atoms with Crippen LogP contribution in [0.5, 0.6) is 0 Å². The Morgan fingerprint density at radius 2 is 1.48 bits per heavy atom. The van der Waals surface area contributed by atoms with Crippen molar-refractivity contribution in [1.29, 1.82) is 0 Å². The fourth-order valence-electron chi connectivity index (χ4n) is 5.39. The van der Waals surface area contributed by atoms with Crippen LogP contribution in [0, 0.1) is 17.8 Å². The van der Waals surface area contributed by atoms with E-state index in [1.807, 2.05) is 13.8 Å². The van der Waals surface area contributed by atoms with E-state index in [0.717, 1.165) is 32.1 Å². The lowest BCUT2D eigenvalue weighted by Crippen LogP contribution is -2.60. The number of carboxylic acid groups (broad SMARTS) is 1. The molecular formula is C31H46F2N6O7. The van der Waals surface area contributed by atoms with Crippen LogP contribution in [-0.4, -0.2) is 81.0 Å². The van der Waals surface area contributed by atoms with E-state index in [9.17, 15) is 37.5 Å². The van der Waals surface area contributed by atoms with E-state index in [-0.39, 0.29) is 30.4 Å². The van der Waals surface area contributed by atoms with Gasteiger partial charge in [-0.3, -0.25) is 29.0 Å². The molecule has 1 aliphatic rings. The summed E-state index contributed by atoms with van der Waals surface area (Å²) in [6.07, 6.45) is 4.88. The van der Waals surface area contributed by atoms with Crippen LogP contribution in [0.25, 0.3) is 0 Å². The van der Waals surface area contributed by atoms with Gasteiger partial charge in [-0.2, -0.15) is 0 Å². The van der Waals surface area contributed by atoms with Crippen LogP contribution in [0.15, 0.2) is 18.6 Å². The number of nitrogens with zero attached hydrogens (tertiary/aromatic N) is 2. The van der Waals surface area contributed by atoms with Gasteiger partial charge in [0.25, 0.3) is 11.7 Å². The van der Waals surface area contributed by atoms with E-state index < -0.39 is 78.3 Å². The normalized spacial score (nSPS) is 16.9. The van der Waals surface area contributed by atoms with Crippen LogP contribution in [0.4, 0.5) is 8.78 Å². The third-order valence-electron chi connectivity index (χ3n) is 8.10. The van der Waals surface area contributed by atoms with Crippen LogP contribution < -0.4 is 21.3 Å². The first kappa shape index (κ1) is 38.1. The Bertz CT molecular complexity index is 1200. The molecule has 1 aromatic rings. The monoisotopic (exact) mass is 652 g/mol. The van der Waals surface area contributed by atoms with Gasteiger partial charge in [-0.1, -0.05) is 66.2 Å². The molecule has 256 valence electrons. The maximum atomic E-state index is 13.7. The highest BCUT2D eigenvalue weighted by molar-refractivity contribution is 6.35. The molecule has 0 spiro atoms. The van der Waals surface area contributed by atoms with Gasteiger partial charge in [0.1, 0.15) is 29.9 Å². The highest BCUT2D eigenvalue weighted by atomic mass is 19.3. The van der Waals surface area contributed by atoms with Gasteiger partial charge in [-0.25, -0.2) is 18.6 Å². The largest absolute Gasteiger partial charge is 0.475 e. The second-order valence-corrected chi connectivity index (χ2v) is 12.3. The summed E-state index contributed by atoms with van der Waals surface area (Å²) < 4.78 is 26.4. The minimum absolute atomic E-state index is 0.00312. The van der Waals surface area contributed by atoms with Gasteiger partial charge < -0.3 is 26.4 Å². The van der Waals surface area contributed by atoms with Crippen LogP contribution in [0.3, 0.4) is 0 Å². The number of amides is 4. The van der Waals surface area contributed by atoms with Crippen molar-refractivity contribution in [3.63, 3.8) is 0 Å². The molecule has 15 heteroatoms. The zero-order chi connectivity index (χ0) is 34.4. The van der Waals surface area contributed by atoms with Gasteiger partial charge in [0.2, 0.25) is 24.1 Å². The molecule has 0 radical (unpaired) electrons. The molecule has 5 atom stereocenters. The second kappa shape index (κ2) is 18.8. The lowest BCUT2D eigenvalue weighted by molar-refractivity contribution is -0.151. The zero-order valence-corrected chi connectivity index (χ0v) is 26.8. The van der Waals surface area contributed by atoms with Gasteiger partial charge >= 0.3 is 5.97 Å². The number of aliphatic carboxylic acids is 1. The molecule has 0 bridgehead atoms. The summed E-state index contributed by atoms with van der Waals surface area (Å²) in [6, 6.07) is -5.47. The van der Waals surface area contributed by atoms with Crippen LogP contribution >= 0.6 is 0 Å². The molecule has 4 amide bonds. The van der Waals surface area contributed by atoms with Gasteiger partial charge in [-0.15, -0.1) is 0 Å². The van der Waals surface area contributed by atoms with Crippen molar-refractivity contribution >= 4 is 35.4 Å². The number of carboxylic acids is 1. The predicted molar refractivity (Wildman–Crippen MR) is 162 cm³/mol. The van der Waals surface area contributed by atoms with Crippen molar-refractivity contribution < 1.29 is 42.7 Å². The molecule has 1 aromatic heterocycles. The molecular weight excluding hydrogens is 606 g/mol. The highest BCUT2D eigenvalue weighted by Gasteiger charge is 2.36. The Labute approximate surface area is 267 Å². The Kier molecular flexibility index (Phi) is 15.6. The molecule has 1 fully saturated rings. The summed E-state index contributed by atoms with van der Waals surface area (Å²) in [4.78, 5) is 84.6. The highest BCUT2D eigenvalue weighted by Crippen LogP contribution is 2.27. The smallest absolute Gasteiger partial charge is 0.374 e. The average molecular weight is 653 g/mol. The van der Waals surface area contributed by atoms with Crippen molar-refractivity contribution in [2.24, 2.45) is 17.8 Å². The van der Waals surface area contributed by atoms with Crippen LogP contribution in [-0.2, 0) is 24.0 Å². The maximum absolute atomic E-state index is 13.7. The molecule has 0 unspecified atom stereocenters. The number of carbonyl (C=O) groups is 6. The first-order valence-corrected chi connectivity index (χ1v) is 15.8. The number of alkyl halides is 2. The van der Waals surface area contributed by atoms with Crippen LogP contribution in [0.1, 0.15) is 96.0 Å². The fourth-order valence-corrected chi connectivity index (χ4v) is 5.39. The summed E-state index contributed by atoms with van der Waals surface area (Å²) >= 11 is 0. The fraction of sp³-hybridized carbons (Fsp3) is 0.677. The number of halogens is 2. The molecule has 1 aliphatic carbocycles. The third-order valence-corrected chi connectivity index (χ3v) is 8.10. The Balaban J connectivity index is 2.30. The van der Waals surface area contributed by atoms with E-state index in [0.29, 0.717) is 6.42 Å². The van der Waals surface area contributed by atoms with Gasteiger partial charge in [-0.05, 0) is 30.6 Å². The van der Waals surface area contributed by atoms with Crippen LogP contribution in [0.2, 0.25) is 0 Å². The molecule has 1 heterocycles. The van der Waals surface area contributed by atoms with Crippen molar-refractivity contribution in [3.8, 4) is 0 Å². The summed E-state index contributed by atoms with van der Waals surface area (Å²) in [5, 5.41) is 19.2. The average Bonchev–Trinajstić information content (AvgIpc) is 3.02. The first-order valence-electron chi connectivity index (χ1n) is 15.8. The molecule has 46 heavy (non-hydrogen) atoms. The summed E-state index contributed by atoms with van der Waals surface area (Å²) in [5.41, 5.74) is 0.00312. The summed E-state index contributed by atoms with van der Waals surface area (Å²) in [5.74, 6) is -6.97. The Morgan fingerprint density at radius 3 is 2.02 bits per heavy atom. The molecule has 2 rings (SSSR count). The summed E-state index contributed by atoms with van der Waals surface area (Å²) in [6.45, 7) is 7.24. The number of hydrogen-bond acceptors (Lipinski definition) is 8. The van der Waals surface area contributed by atoms with Gasteiger partial charge in [0.15, 0.2) is 0 Å². The standard InChI is InChI=1S/C31H46F2N6O7/c1-5-18(4)25(39-28(42)21(13-17(2)3)37-29(43)23-16-34-11-12-35-23)30(44)38-22(14-19-9-7-6-8-10-19)27(41)36-20(15-24(32)33)26(40)31(45)46/h11-12,16-22,24-25H,5-10,13-15H2,1-4H3,(H,36,41)(H,37,43)(H,38,44)(H,39,42)(H,45,46)/t18-,20+,21+,22+,25+/m1/s1. The molecule has 0 saturated heterocycles. The minimum Gasteiger partial charge on any atom is -0.475 e. The first-order chi connectivity index (χ1) is 21.7. The summed E-state index contributed by atoms with van der Waals surface area (Å²) in [7, 11) is 0. The van der Waals surface area contributed by atoms with E-state index >= 15 is 0 Å². The zero-order valence-electron chi connectivity index (χ0n) is 26.8. The van der Waals surface area contributed by atoms with Crippen molar-refractivity contribution in [2.45, 2.75) is 116 Å². The third kappa shape index (κ3) is 12.4. The van der Waals surface area contributed by atoms with Crippen molar-refractivity contribution in [3.05, 3.63) is 24.3 Å². The number of hydrogen-bond donors (Lipinski definition) is 5. The molecule has 0 aliphatic heterocycles. The number of ketones is 1. The van der Waals surface area contributed by atoms with Gasteiger partial charge in [0.05, 0.1) is 6.20 Å². The van der Waals surface area contributed by atoms with Crippen molar-refractivity contribution in [2.75, 3.05) is 0 Å². The van der Waals surface area contributed by atoms with Crippen molar-refractivity contribution in [1.82, 2.24) is 31.2 Å². The molecule has 13 nitrogen and oxygen atoms in total. The SMILES string of the molecule is CC[C@@H](C)[C@H](NC(=O)[C@H](CC(C)C)NC(=O)c1cnccn1)C(=O)N[C@@H](CC1CCCCC1)C(=O)N[C@@H](CC(F)F)C(=O)C(=O)O. The van der Waals surface area contributed by atoms with Gasteiger partial charge in [0, 0.05) is 18.8 Å². The van der Waals surface area contributed by atoms with E-state index in [1.54, 1.807) is 13.8 Å². The maximum Gasteiger partial charge on any atom is 0.374 e. The quantitative estimate of drug-likeness (QED) is 0.148. The number of rotatable bonds is 18. The molecule has 5 N–H and O–H groups in total. The van der Waals surface area contributed by atoms with E-state index in [4.69, 9.17) is 5.11 Å². The number of carbonyl (C=O) groups excluding carboxylic acids is 5. The Hall–Kier alpha value is -4.04. The molecule has 0 aromatic carbocycles. The second-order valence-electron chi connectivity index (χ2n) is 12.3. The van der Waals surface area contributed by atoms with E-state index in [1.165, 1.54) is 18.6 Å². The Morgan fingerprint density at radius 1 is 0.848 bits per heavy atom. The van der Waals surface area contributed by atoms with E-state index in [2.05, 4.69) is 31.2 Å².